The molecule has 19 heteroatoms. The summed E-state index contributed by atoms with van der Waals surface area (Å²) in [6.07, 6.45) is 3.23. The minimum Gasteiger partial charge on any atom is -0.482 e. The van der Waals surface area contributed by atoms with Gasteiger partial charge >= 0.3 is 18.2 Å². The maximum Gasteiger partial charge on any atom is 0.427 e. The van der Waals surface area contributed by atoms with Crippen molar-refractivity contribution >= 4 is 39.7 Å². The van der Waals surface area contributed by atoms with E-state index in [0.717, 1.165) is 38.2 Å². The summed E-state index contributed by atoms with van der Waals surface area (Å²) in [7, 11) is -3.98. The third kappa shape index (κ3) is 8.01. The number of nitrogens with zero attached hydrogens (tertiary/aromatic N) is 1. The predicted molar refractivity (Wildman–Crippen MR) is 195 cm³/mol. The van der Waals surface area contributed by atoms with Crippen LogP contribution in [0, 0.1) is 17.8 Å². The van der Waals surface area contributed by atoms with E-state index in [1.165, 1.54) is 6.92 Å². The number of carbonyl (C=O) groups excluding carboxylic acids is 4. The van der Waals surface area contributed by atoms with E-state index in [1.54, 1.807) is 6.92 Å². The first-order valence-electron chi connectivity index (χ1n) is 19.3. The molecule has 6 aliphatic rings. The molecule has 3 fully saturated rings. The van der Waals surface area contributed by atoms with Gasteiger partial charge < -0.3 is 24.6 Å². The molecule has 57 heavy (non-hydrogen) atoms. The molecule has 3 aliphatic carbocycles. The lowest BCUT2D eigenvalue weighted by Crippen LogP contribution is -2.64. The van der Waals surface area contributed by atoms with Gasteiger partial charge in [0.25, 0.3) is 5.91 Å². The Labute approximate surface area is 329 Å². The second-order valence-electron chi connectivity index (χ2n) is 17.2. The number of hydrogen-bond acceptors (Lipinski definition) is 11. The number of alkyl carbamates (subject to hydrolysis) is 1. The van der Waals surface area contributed by atoms with Gasteiger partial charge in [-0.3, -0.25) is 29.3 Å². The quantitative estimate of drug-likeness (QED) is 0.214. The zero-order valence-electron chi connectivity index (χ0n) is 32.6. The number of ether oxygens (including phenoxy) is 3. The molecule has 2 saturated carbocycles. The minimum absolute atomic E-state index is 0.145. The molecule has 6 rings (SSSR count). The number of allylic oxidation sites excluding steroid dienone is 2. The van der Waals surface area contributed by atoms with Gasteiger partial charge in [-0.25, -0.2) is 18.0 Å². The highest BCUT2D eigenvalue weighted by molar-refractivity contribution is 7.91. The van der Waals surface area contributed by atoms with Crippen LogP contribution >= 0.6 is 0 Å². The van der Waals surface area contributed by atoms with E-state index < -0.39 is 91.1 Å². The van der Waals surface area contributed by atoms with Crippen molar-refractivity contribution in [2.75, 3.05) is 19.7 Å². The molecule has 3 heterocycles. The Bertz CT molecular complexity index is 1910. The molecule has 15 nitrogen and oxygen atoms in total. The third-order valence-corrected chi connectivity index (χ3v) is 14.6. The van der Waals surface area contributed by atoms with Crippen molar-refractivity contribution in [3.05, 3.63) is 35.3 Å². The van der Waals surface area contributed by atoms with Crippen LogP contribution < -0.4 is 15.4 Å². The molecule has 0 aromatic carbocycles. The Hall–Kier alpha value is -4.13. The highest BCUT2D eigenvalue weighted by atomic mass is 32.2. The Morgan fingerprint density at radius 2 is 1.82 bits per heavy atom. The lowest BCUT2D eigenvalue weighted by molar-refractivity contribution is -0.244. The molecule has 0 aromatic heterocycles. The normalized spacial score (nSPS) is 33.9. The summed E-state index contributed by atoms with van der Waals surface area (Å²) in [4.78, 5) is 68.9. The van der Waals surface area contributed by atoms with Gasteiger partial charge in [0.15, 0.2) is 5.76 Å². The second-order valence-corrected chi connectivity index (χ2v) is 19.4. The van der Waals surface area contributed by atoms with E-state index in [0.29, 0.717) is 45.7 Å². The summed E-state index contributed by atoms with van der Waals surface area (Å²) in [6.45, 7) is 6.72. The van der Waals surface area contributed by atoms with Crippen molar-refractivity contribution in [1.29, 1.82) is 0 Å². The molecule has 0 aromatic rings. The fourth-order valence-electron chi connectivity index (χ4n) is 7.98. The number of carboxylic acid groups (broad SMARTS) is 1. The van der Waals surface area contributed by atoms with Crippen molar-refractivity contribution in [1.82, 2.24) is 20.3 Å². The van der Waals surface area contributed by atoms with E-state index in [9.17, 15) is 50.7 Å². The van der Waals surface area contributed by atoms with Gasteiger partial charge in [0.2, 0.25) is 38.6 Å². The summed E-state index contributed by atoms with van der Waals surface area (Å²) >= 11 is 0. The van der Waals surface area contributed by atoms with E-state index in [2.05, 4.69) is 21.7 Å². The van der Waals surface area contributed by atoms with Crippen LogP contribution in [-0.4, -0.2) is 108 Å². The van der Waals surface area contributed by atoms with Gasteiger partial charge in [-0.2, -0.15) is 13.2 Å². The maximum absolute atomic E-state index is 14.2. The first-order chi connectivity index (χ1) is 26.5. The first-order valence-corrected chi connectivity index (χ1v) is 20.8. The minimum atomic E-state index is -5.00. The lowest BCUT2D eigenvalue weighted by atomic mass is 9.80. The molecule has 1 unspecified atom stereocenters. The molecular formula is C38H51F3N4O11S. The van der Waals surface area contributed by atoms with Crippen molar-refractivity contribution in [2.45, 2.75) is 132 Å². The largest absolute Gasteiger partial charge is 0.482 e. The van der Waals surface area contributed by atoms with Crippen LogP contribution in [-0.2, 0) is 43.4 Å². The van der Waals surface area contributed by atoms with E-state index in [1.807, 2.05) is 22.4 Å². The zero-order valence-corrected chi connectivity index (χ0v) is 33.4. The number of alkyl halides is 3. The monoisotopic (exact) mass is 828 g/mol. The Kier molecular flexibility index (Phi) is 11.1. The standard InChI is InChI=1S/C38H51F3N4O11S/c1-21-10-6-7-12-24-18-36(24,31(48)44-57(52,53)35(5)13-14-35)42-30(47)25-17-23(19-45(25)15-9-8-11-21)27-20-54-28-26(55-27)16-22(2)37(29(28)46,32(49)50)43-33(51)56-34(3,4)38(39,40)41/h7,12,16,21,23-25,27H,6,8-11,13-15,17-20H2,1-5H3,(H,42,47)(H,43,51)(H,44,48)(H,49,50)/b12-7-/t21-,23?,24-,25+,27+,36-,37+/m1/s1. The highest BCUT2D eigenvalue weighted by Gasteiger charge is 2.63. The van der Waals surface area contributed by atoms with Gasteiger partial charge in [-0.15, -0.1) is 0 Å². The SMILES string of the molecule is CC1=CC2=C(OC[C@@H](C3C[C@H]4C(=O)N[C@]5(C(=O)NS(=O)(=O)C6(C)CC6)C[C@H]5/C=C\CC[C@@H](C)CCCCN4C3)O2)C(=O)[C@]1(NC(=O)OC(C)(C)C(F)(F)F)C(=O)O. The van der Waals surface area contributed by atoms with Crippen LogP contribution in [0.2, 0.25) is 0 Å². The van der Waals surface area contributed by atoms with E-state index in [4.69, 9.17) is 9.47 Å². The van der Waals surface area contributed by atoms with Crippen LogP contribution in [0.4, 0.5) is 18.0 Å². The average molecular weight is 829 g/mol. The predicted octanol–water partition coefficient (Wildman–Crippen LogP) is 3.75. The van der Waals surface area contributed by atoms with E-state index >= 15 is 0 Å². The van der Waals surface area contributed by atoms with Gasteiger partial charge in [0, 0.05) is 18.4 Å². The number of carboxylic acids is 1. The number of nitrogens with one attached hydrogen (secondary N) is 3. The number of aliphatic carboxylic acids is 1. The van der Waals surface area contributed by atoms with E-state index in [-0.39, 0.29) is 36.7 Å². The van der Waals surface area contributed by atoms with Crippen LogP contribution in [0.15, 0.2) is 35.3 Å². The maximum atomic E-state index is 14.2. The van der Waals surface area contributed by atoms with Gasteiger partial charge in [0.05, 0.1) is 10.8 Å². The molecule has 0 spiro atoms. The summed E-state index contributed by atoms with van der Waals surface area (Å²) in [5.41, 5.74) is -7.60. The van der Waals surface area contributed by atoms with Crippen LogP contribution in [0.25, 0.3) is 0 Å². The number of amides is 3. The highest BCUT2D eigenvalue weighted by Crippen LogP contribution is 2.48. The second kappa shape index (κ2) is 14.9. The van der Waals surface area contributed by atoms with Gasteiger partial charge in [-0.1, -0.05) is 31.9 Å². The number of fused-ring (bicyclic) bond motifs is 2. The third-order valence-electron chi connectivity index (χ3n) is 12.5. The first kappa shape index (κ1) is 42.5. The number of Topliss-reactive ketones (excluding diaryl/α,β-unsaturated/α-hetero) is 1. The Morgan fingerprint density at radius 1 is 1.12 bits per heavy atom. The zero-order chi connectivity index (χ0) is 41.9. The topological polar surface area (TPSA) is 207 Å². The Balaban J connectivity index is 1.20. The molecule has 3 amide bonds. The molecule has 1 saturated heterocycles. The number of ketones is 1. The number of sulfonamides is 1. The van der Waals surface area contributed by atoms with Crippen molar-refractivity contribution in [3.8, 4) is 0 Å². The van der Waals surface area contributed by atoms with Crippen molar-refractivity contribution < 1.29 is 64.9 Å². The van der Waals surface area contributed by atoms with Crippen molar-refractivity contribution in [2.24, 2.45) is 17.8 Å². The van der Waals surface area contributed by atoms with Crippen LogP contribution in [0.3, 0.4) is 0 Å². The molecular weight excluding hydrogens is 777 g/mol. The summed E-state index contributed by atoms with van der Waals surface area (Å²) in [6, 6.07) is -0.731. The Morgan fingerprint density at radius 3 is 2.47 bits per heavy atom. The smallest absolute Gasteiger partial charge is 0.427 e. The molecule has 316 valence electrons. The van der Waals surface area contributed by atoms with Crippen molar-refractivity contribution in [3.63, 3.8) is 0 Å². The molecule has 4 N–H and O–H groups in total. The molecule has 3 aliphatic heterocycles. The molecule has 7 atom stereocenters. The molecule has 0 radical (unpaired) electrons. The van der Waals surface area contributed by atoms with Crippen LogP contribution in [0.1, 0.15) is 92.4 Å². The number of carbonyl (C=O) groups is 5. The van der Waals surface area contributed by atoms with Crippen LogP contribution in [0.5, 0.6) is 0 Å². The number of rotatable bonds is 7. The number of halogens is 3. The number of hydrogen-bond donors (Lipinski definition) is 4. The fourth-order valence-corrected chi connectivity index (χ4v) is 9.29. The van der Waals surface area contributed by atoms with Gasteiger partial charge in [0.1, 0.15) is 18.2 Å². The summed E-state index contributed by atoms with van der Waals surface area (Å²) < 4.78 is 84.1. The summed E-state index contributed by atoms with van der Waals surface area (Å²) in [5, 5.41) is 14.9. The fraction of sp³-hybridized carbons (Fsp3) is 0.711. The molecule has 0 bridgehead atoms. The lowest BCUT2D eigenvalue weighted by Gasteiger charge is -2.38. The van der Waals surface area contributed by atoms with Gasteiger partial charge in [-0.05, 0) is 96.8 Å². The average Bonchev–Trinajstić information content (AvgIpc) is 3.99. The summed E-state index contributed by atoms with van der Waals surface area (Å²) in [5.74, 6) is -5.41.